The van der Waals surface area contributed by atoms with E-state index in [0.29, 0.717) is 17.1 Å². The van der Waals surface area contributed by atoms with Crippen LogP contribution in [0.4, 0.5) is 0 Å². The molecule has 0 atom stereocenters. The van der Waals surface area contributed by atoms with Crippen molar-refractivity contribution < 1.29 is 13.2 Å². The molecule has 0 aliphatic rings. The van der Waals surface area contributed by atoms with Crippen molar-refractivity contribution in [3.05, 3.63) is 23.8 Å². The average Bonchev–Trinajstić information content (AvgIpc) is 2.71. The summed E-state index contributed by atoms with van der Waals surface area (Å²) in [5.41, 5.74) is 1.67. The number of hydrogen-bond acceptors (Lipinski definition) is 5. The number of ether oxygens (including phenoxy) is 1. The number of nitrogens with two attached hydrogens (primary N) is 1. The lowest BCUT2D eigenvalue weighted by atomic mass is 10.1. The van der Waals surface area contributed by atoms with Gasteiger partial charge in [-0.1, -0.05) is 12.1 Å². The van der Waals surface area contributed by atoms with Gasteiger partial charge < -0.3 is 4.74 Å². The fraction of sp³-hybridized carbons (Fsp3) is 0.273. The molecule has 0 unspecified atom stereocenters. The summed E-state index contributed by atoms with van der Waals surface area (Å²) in [6.45, 7) is 1.91. The van der Waals surface area contributed by atoms with Crippen molar-refractivity contribution >= 4 is 10.0 Å². The normalized spacial score (nSPS) is 11.6. The van der Waals surface area contributed by atoms with Gasteiger partial charge in [0, 0.05) is 12.6 Å². The second-order valence-electron chi connectivity index (χ2n) is 4.09. The second-order valence-corrected chi connectivity index (χ2v) is 5.55. The van der Waals surface area contributed by atoms with Crippen LogP contribution in [-0.4, -0.2) is 30.3 Å². The number of rotatable bonds is 3. The summed E-state index contributed by atoms with van der Waals surface area (Å²) in [5, 5.41) is 12.2. The lowest BCUT2D eigenvalue weighted by Crippen LogP contribution is -2.17. The van der Waals surface area contributed by atoms with Gasteiger partial charge in [-0.05, 0) is 18.6 Å². The molecule has 2 N–H and O–H groups in total. The Bertz CT molecular complexity index is 722. The van der Waals surface area contributed by atoms with Crippen LogP contribution in [0.2, 0.25) is 0 Å². The zero-order valence-electron chi connectivity index (χ0n) is 10.8. The van der Waals surface area contributed by atoms with Crippen molar-refractivity contribution in [1.82, 2.24) is 14.8 Å². The molecule has 0 saturated carbocycles. The molecule has 2 aromatic rings. The van der Waals surface area contributed by atoms with Crippen molar-refractivity contribution in [3.63, 3.8) is 0 Å². The third-order valence-electron chi connectivity index (χ3n) is 2.76. The monoisotopic (exact) mass is 282 g/mol. The molecule has 1 aromatic heterocycles. The van der Waals surface area contributed by atoms with Gasteiger partial charge in [-0.3, -0.25) is 4.57 Å². The lowest BCUT2D eigenvalue weighted by Gasteiger charge is -2.07. The summed E-state index contributed by atoms with van der Waals surface area (Å²) < 4.78 is 29.2. The number of methoxy groups -OCH3 is 1. The minimum absolute atomic E-state index is 0.276. The van der Waals surface area contributed by atoms with Crippen LogP contribution in [0, 0.1) is 6.92 Å². The average molecular weight is 282 g/mol. The number of aryl methyl sites for hydroxylation is 1. The molecular weight excluding hydrogens is 268 g/mol. The molecular formula is C11H14N4O3S. The van der Waals surface area contributed by atoms with Crippen molar-refractivity contribution in [1.29, 1.82) is 0 Å². The number of benzene rings is 1. The van der Waals surface area contributed by atoms with E-state index in [1.165, 1.54) is 4.57 Å². The highest BCUT2D eigenvalue weighted by atomic mass is 32.2. The summed E-state index contributed by atoms with van der Waals surface area (Å²) in [6, 6.07) is 5.44. The predicted molar refractivity (Wildman–Crippen MR) is 69.1 cm³/mol. The van der Waals surface area contributed by atoms with Gasteiger partial charge in [-0.25, -0.2) is 13.6 Å². The maximum atomic E-state index is 11.3. The number of primary sulfonamides is 1. The molecule has 19 heavy (non-hydrogen) atoms. The molecule has 2 rings (SSSR count). The van der Waals surface area contributed by atoms with E-state index in [-0.39, 0.29) is 5.16 Å². The topological polar surface area (TPSA) is 100 Å². The zero-order valence-corrected chi connectivity index (χ0v) is 11.6. The van der Waals surface area contributed by atoms with Gasteiger partial charge >= 0.3 is 0 Å². The Morgan fingerprint density at radius 2 is 2.00 bits per heavy atom. The fourth-order valence-corrected chi connectivity index (χ4v) is 2.40. The van der Waals surface area contributed by atoms with Crippen molar-refractivity contribution in [2.24, 2.45) is 12.2 Å². The quantitative estimate of drug-likeness (QED) is 0.880. The van der Waals surface area contributed by atoms with E-state index >= 15 is 0 Å². The number of hydrogen-bond donors (Lipinski definition) is 1. The van der Waals surface area contributed by atoms with E-state index in [4.69, 9.17) is 9.88 Å². The van der Waals surface area contributed by atoms with E-state index in [1.54, 1.807) is 20.2 Å². The minimum atomic E-state index is -3.89. The maximum Gasteiger partial charge on any atom is 0.273 e. The van der Waals surface area contributed by atoms with Crippen LogP contribution in [0.25, 0.3) is 11.4 Å². The molecule has 7 nitrogen and oxygen atoms in total. The highest BCUT2D eigenvalue weighted by Gasteiger charge is 2.19. The van der Waals surface area contributed by atoms with Crippen LogP contribution in [0.5, 0.6) is 5.75 Å². The number of nitrogens with zero attached hydrogens (tertiary/aromatic N) is 3. The Labute approximate surface area is 111 Å². The highest BCUT2D eigenvalue weighted by molar-refractivity contribution is 7.89. The van der Waals surface area contributed by atoms with Crippen LogP contribution in [0.15, 0.2) is 23.4 Å². The summed E-state index contributed by atoms with van der Waals surface area (Å²) in [6.07, 6.45) is 0. The van der Waals surface area contributed by atoms with E-state index in [9.17, 15) is 8.42 Å². The first kappa shape index (κ1) is 13.5. The Morgan fingerprint density at radius 3 is 2.53 bits per heavy atom. The first-order chi connectivity index (χ1) is 8.84. The molecule has 0 bridgehead atoms. The van der Waals surface area contributed by atoms with E-state index in [0.717, 1.165) is 5.56 Å². The van der Waals surface area contributed by atoms with Crippen molar-refractivity contribution in [2.45, 2.75) is 12.1 Å². The fourth-order valence-electron chi connectivity index (χ4n) is 1.77. The second kappa shape index (κ2) is 4.63. The molecule has 102 valence electrons. The number of sulfonamides is 1. The van der Waals surface area contributed by atoms with Gasteiger partial charge in [-0.15, -0.1) is 10.2 Å². The van der Waals surface area contributed by atoms with Crippen molar-refractivity contribution in [3.8, 4) is 17.1 Å². The molecule has 0 amide bonds. The van der Waals surface area contributed by atoms with E-state index in [2.05, 4.69) is 10.2 Å². The molecule has 0 aliphatic carbocycles. The zero-order chi connectivity index (χ0) is 14.2. The Kier molecular flexibility index (Phi) is 3.29. The standard InChI is InChI=1S/C11H14N4O3S/c1-7-4-5-8(6-9(7)18-3)10-13-14-11(15(10)2)19(12,16)17/h4-6H,1-3H3,(H2,12,16,17). The van der Waals surface area contributed by atoms with Crippen molar-refractivity contribution in [2.75, 3.05) is 7.11 Å². The number of aromatic nitrogens is 3. The van der Waals surface area contributed by atoms with Crippen LogP contribution in [0.1, 0.15) is 5.56 Å². The molecule has 0 aliphatic heterocycles. The lowest BCUT2D eigenvalue weighted by molar-refractivity contribution is 0.412. The first-order valence-corrected chi connectivity index (χ1v) is 6.96. The summed E-state index contributed by atoms with van der Waals surface area (Å²) in [4.78, 5) is 0. The molecule has 8 heteroatoms. The molecule has 1 heterocycles. The van der Waals surface area contributed by atoms with Gasteiger partial charge in [0.05, 0.1) is 7.11 Å². The van der Waals surface area contributed by atoms with Crippen LogP contribution >= 0.6 is 0 Å². The third-order valence-corrected chi connectivity index (χ3v) is 3.62. The summed E-state index contributed by atoms with van der Waals surface area (Å²) in [7, 11) is -0.775. The maximum absolute atomic E-state index is 11.3. The van der Waals surface area contributed by atoms with Crippen LogP contribution < -0.4 is 9.88 Å². The molecule has 0 fully saturated rings. The van der Waals surface area contributed by atoms with Gasteiger partial charge in [0.2, 0.25) is 0 Å². The largest absolute Gasteiger partial charge is 0.496 e. The molecule has 0 radical (unpaired) electrons. The van der Waals surface area contributed by atoms with E-state index < -0.39 is 10.0 Å². The molecule has 0 saturated heterocycles. The Balaban J connectivity index is 2.58. The smallest absolute Gasteiger partial charge is 0.273 e. The van der Waals surface area contributed by atoms with Gasteiger partial charge in [0.25, 0.3) is 15.2 Å². The minimum Gasteiger partial charge on any atom is -0.496 e. The summed E-state index contributed by atoms with van der Waals surface area (Å²) >= 11 is 0. The SMILES string of the molecule is COc1cc(-c2nnc(S(N)(=O)=O)n2C)ccc1C. The van der Waals surface area contributed by atoms with Crippen LogP contribution in [-0.2, 0) is 17.1 Å². The first-order valence-electron chi connectivity index (χ1n) is 5.42. The Morgan fingerprint density at radius 1 is 1.32 bits per heavy atom. The van der Waals surface area contributed by atoms with Gasteiger partial charge in [-0.2, -0.15) is 0 Å². The van der Waals surface area contributed by atoms with Crippen LogP contribution in [0.3, 0.4) is 0 Å². The highest BCUT2D eigenvalue weighted by Crippen LogP contribution is 2.26. The van der Waals surface area contributed by atoms with Gasteiger partial charge in [0.15, 0.2) is 5.82 Å². The van der Waals surface area contributed by atoms with E-state index in [1.807, 2.05) is 19.1 Å². The molecule has 0 spiro atoms. The Hall–Kier alpha value is -1.93. The third kappa shape index (κ3) is 2.45. The predicted octanol–water partition coefficient (Wildman–Crippen LogP) is 0.447. The van der Waals surface area contributed by atoms with Gasteiger partial charge in [0.1, 0.15) is 5.75 Å². The molecule has 1 aromatic carbocycles. The summed E-state index contributed by atoms with van der Waals surface area (Å²) in [5.74, 6) is 1.10.